The van der Waals surface area contributed by atoms with E-state index in [2.05, 4.69) is 19.8 Å². The van der Waals surface area contributed by atoms with E-state index in [-0.39, 0.29) is 10.7 Å². The standard InChI is InChI=1S/C17H14F3N3O2S.C4H3F3N2/c1-12-7-9-13(10-8-12)16-21-15(17(18,19)20)11-23(16)22-26(24,25)14-5-3-2-4-6-14;5-4(6,7)3-1-8-2-9-3/h2-11,22H,1H3;1-2H,(H,8,9). The van der Waals surface area contributed by atoms with Gasteiger partial charge in [-0.05, 0) is 19.1 Å². The fraction of sp³-hybridized carbons (Fsp3) is 0.143. The number of H-pyrrole nitrogens is 1. The van der Waals surface area contributed by atoms with E-state index < -0.39 is 33.8 Å². The van der Waals surface area contributed by atoms with E-state index in [4.69, 9.17) is 0 Å². The van der Waals surface area contributed by atoms with Crippen molar-refractivity contribution in [1.82, 2.24) is 19.6 Å². The summed E-state index contributed by atoms with van der Waals surface area (Å²) in [6, 6.07) is 13.9. The van der Waals surface area contributed by atoms with Gasteiger partial charge in [0.2, 0.25) is 0 Å². The summed E-state index contributed by atoms with van der Waals surface area (Å²) < 4.78 is 99.5. The molecule has 0 bridgehead atoms. The molecule has 4 rings (SSSR count). The monoisotopic (exact) mass is 517 g/mol. The SMILES string of the molecule is Cc1ccc(-c2nc(C(F)(F)F)cn2NS(=O)(=O)c2ccccc2)cc1.FC(F)(F)c1c[nH]cn1. The molecule has 0 aliphatic rings. The maximum absolute atomic E-state index is 13.1. The van der Waals surface area contributed by atoms with Crippen molar-refractivity contribution < 1.29 is 34.8 Å². The Morgan fingerprint density at radius 1 is 0.886 bits per heavy atom. The van der Waals surface area contributed by atoms with Crippen LogP contribution < -0.4 is 4.83 Å². The van der Waals surface area contributed by atoms with Gasteiger partial charge >= 0.3 is 12.4 Å². The van der Waals surface area contributed by atoms with E-state index in [0.29, 0.717) is 11.8 Å². The smallest absolute Gasteiger partial charge is 0.351 e. The number of hydrogen-bond acceptors (Lipinski definition) is 4. The number of hydrogen-bond donors (Lipinski definition) is 2. The third kappa shape index (κ3) is 6.62. The highest BCUT2D eigenvalue weighted by molar-refractivity contribution is 7.92. The van der Waals surface area contributed by atoms with Crippen LogP contribution in [0.2, 0.25) is 0 Å². The lowest BCUT2D eigenvalue weighted by molar-refractivity contribution is -0.141. The first-order valence-electron chi connectivity index (χ1n) is 9.65. The summed E-state index contributed by atoms with van der Waals surface area (Å²) in [6.07, 6.45) is -6.61. The van der Waals surface area contributed by atoms with Crippen molar-refractivity contribution in [1.29, 1.82) is 0 Å². The van der Waals surface area contributed by atoms with Crippen LogP contribution in [0.1, 0.15) is 17.0 Å². The van der Waals surface area contributed by atoms with Gasteiger partial charge in [0.05, 0.1) is 17.4 Å². The van der Waals surface area contributed by atoms with Gasteiger partial charge < -0.3 is 4.98 Å². The van der Waals surface area contributed by atoms with E-state index in [1.165, 1.54) is 24.3 Å². The summed E-state index contributed by atoms with van der Waals surface area (Å²) >= 11 is 0. The molecule has 0 amide bonds. The van der Waals surface area contributed by atoms with Gasteiger partial charge in [-0.15, -0.1) is 0 Å². The molecular formula is C21H17F6N5O2S. The maximum Gasteiger partial charge on any atom is 0.434 e. The Kier molecular flexibility index (Phi) is 7.24. The molecule has 2 heterocycles. The zero-order valence-electron chi connectivity index (χ0n) is 17.8. The molecule has 2 aromatic heterocycles. The minimum absolute atomic E-state index is 0.0721. The Hall–Kier alpha value is -3.81. The first-order chi connectivity index (χ1) is 16.3. The summed E-state index contributed by atoms with van der Waals surface area (Å²) in [5.74, 6) is -0.156. The van der Waals surface area contributed by atoms with E-state index >= 15 is 0 Å². The molecule has 0 saturated carbocycles. The highest BCUT2D eigenvalue weighted by Gasteiger charge is 2.35. The largest absolute Gasteiger partial charge is 0.434 e. The number of aromatic nitrogens is 4. The molecule has 0 radical (unpaired) electrons. The minimum Gasteiger partial charge on any atom is -0.351 e. The van der Waals surface area contributed by atoms with E-state index in [0.717, 1.165) is 22.8 Å². The summed E-state index contributed by atoms with van der Waals surface area (Å²) in [6.45, 7) is 1.83. The number of alkyl halides is 6. The molecule has 0 unspecified atom stereocenters. The topological polar surface area (TPSA) is 92.7 Å². The lowest BCUT2D eigenvalue weighted by Gasteiger charge is -2.11. The molecule has 0 saturated heterocycles. The van der Waals surface area contributed by atoms with E-state index in [1.807, 2.05) is 6.92 Å². The normalized spacial score (nSPS) is 12.1. The molecular weight excluding hydrogens is 500 g/mol. The molecule has 0 aliphatic carbocycles. The van der Waals surface area contributed by atoms with Crippen LogP contribution in [0.15, 0.2) is 78.2 Å². The van der Waals surface area contributed by atoms with Gasteiger partial charge in [0.25, 0.3) is 10.0 Å². The van der Waals surface area contributed by atoms with Gasteiger partial charge in [-0.1, -0.05) is 48.0 Å². The van der Waals surface area contributed by atoms with Crippen molar-refractivity contribution in [3.63, 3.8) is 0 Å². The van der Waals surface area contributed by atoms with Gasteiger partial charge in [0.1, 0.15) is 0 Å². The number of aromatic amines is 1. The van der Waals surface area contributed by atoms with Crippen LogP contribution in [0.25, 0.3) is 11.4 Å². The van der Waals surface area contributed by atoms with Crippen LogP contribution in [-0.2, 0) is 22.4 Å². The Morgan fingerprint density at radius 3 is 1.97 bits per heavy atom. The number of aryl methyl sites for hydroxylation is 1. The second-order valence-corrected chi connectivity index (χ2v) is 8.70. The van der Waals surface area contributed by atoms with Gasteiger partial charge in [0.15, 0.2) is 17.2 Å². The average Bonchev–Trinajstić information content (AvgIpc) is 3.45. The molecule has 7 nitrogen and oxygen atoms in total. The Balaban J connectivity index is 0.000000320. The first kappa shape index (κ1) is 25.8. The van der Waals surface area contributed by atoms with Crippen molar-refractivity contribution in [2.24, 2.45) is 0 Å². The predicted octanol–water partition coefficient (Wildman–Crippen LogP) is 5.24. The lowest BCUT2D eigenvalue weighted by atomic mass is 10.1. The van der Waals surface area contributed by atoms with Gasteiger partial charge in [-0.2, -0.15) is 34.8 Å². The second-order valence-electron chi connectivity index (χ2n) is 7.04. The molecule has 186 valence electrons. The summed E-state index contributed by atoms with van der Waals surface area (Å²) in [5.41, 5.74) is -0.819. The lowest BCUT2D eigenvalue weighted by Crippen LogP contribution is -2.23. The number of nitrogens with zero attached hydrogens (tertiary/aromatic N) is 3. The number of imidazole rings is 2. The van der Waals surface area contributed by atoms with Crippen molar-refractivity contribution in [2.45, 2.75) is 24.2 Å². The molecule has 0 spiro atoms. The Morgan fingerprint density at radius 2 is 1.49 bits per heavy atom. The van der Waals surface area contributed by atoms with Crippen LogP contribution in [0.5, 0.6) is 0 Å². The van der Waals surface area contributed by atoms with Crippen LogP contribution in [0.3, 0.4) is 0 Å². The zero-order chi connectivity index (χ0) is 25.9. The van der Waals surface area contributed by atoms with Crippen LogP contribution in [0, 0.1) is 6.92 Å². The highest BCUT2D eigenvalue weighted by atomic mass is 32.2. The Labute approximate surface area is 195 Å². The predicted molar refractivity (Wildman–Crippen MR) is 114 cm³/mol. The number of nitrogens with one attached hydrogen (secondary N) is 2. The number of halogens is 6. The Bertz CT molecular complexity index is 1350. The van der Waals surface area contributed by atoms with Crippen LogP contribution in [-0.4, -0.2) is 28.0 Å². The molecule has 2 N–H and O–H groups in total. The second kappa shape index (κ2) is 9.82. The first-order valence-corrected chi connectivity index (χ1v) is 11.1. The van der Waals surface area contributed by atoms with Gasteiger partial charge in [-0.25, -0.2) is 19.5 Å². The fourth-order valence-electron chi connectivity index (χ4n) is 2.69. The van der Waals surface area contributed by atoms with Crippen LogP contribution >= 0.6 is 0 Å². The molecule has 0 atom stereocenters. The molecule has 2 aromatic carbocycles. The van der Waals surface area contributed by atoms with Gasteiger partial charge in [0, 0.05) is 11.8 Å². The summed E-state index contributed by atoms with van der Waals surface area (Å²) in [5, 5.41) is 0. The third-order valence-electron chi connectivity index (χ3n) is 4.37. The maximum atomic E-state index is 13.1. The minimum atomic E-state index is -4.71. The molecule has 4 aromatic rings. The van der Waals surface area contributed by atoms with E-state index in [9.17, 15) is 34.8 Å². The third-order valence-corrected chi connectivity index (χ3v) is 5.70. The van der Waals surface area contributed by atoms with Crippen molar-refractivity contribution >= 4 is 10.0 Å². The quantitative estimate of drug-likeness (QED) is 0.362. The van der Waals surface area contributed by atoms with Crippen molar-refractivity contribution in [3.05, 3.63) is 90.3 Å². The molecule has 0 fully saturated rings. The van der Waals surface area contributed by atoms with Crippen molar-refractivity contribution in [3.8, 4) is 11.4 Å². The number of sulfonamides is 1. The van der Waals surface area contributed by atoms with E-state index in [1.54, 1.807) is 30.3 Å². The summed E-state index contributed by atoms with van der Waals surface area (Å²) in [7, 11) is -4.08. The highest BCUT2D eigenvalue weighted by Crippen LogP contribution is 2.31. The fourth-order valence-corrected chi connectivity index (χ4v) is 3.71. The number of benzene rings is 2. The molecule has 35 heavy (non-hydrogen) atoms. The summed E-state index contributed by atoms with van der Waals surface area (Å²) in [4.78, 5) is 10.8. The molecule has 0 aliphatic heterocycles. The van der Waals surface area contributed by atoms with Crippen LogP contribution in [0.4, 0.5) is 26.3 Å². The zero-order valence-corrected chi connectivity index (χ0v) is 18.6. The average molecular weight is 517 g/mol. The number of rotatable bonds is 4. The van der Waals surface area contributed by atoms with Crippen molar-refractivity contribution in [2.75, 3.05) is 4.83 Å². The molecule has 14 heteroatoms. The van der Waals surface area contributed by atoms with Gasteiger partial charge in [-0.3, -0.25) is 0 Å².